The molecule has 0 atom stereocenters. The fraction of sp³-hybridized carbons (Fsp3) is 0.467. The molecule has 0 unspecified atom stereocenters. The molecule has 0 spiro atoms. The van der Waals surface area contributed by atoms with Gasteiger partial charge in [0.2, 0.25) is 5.91 Å². The van der Waals surface area contributed by atoms with Crippen LogP contribution in [-0.4, -0.2) is 23.4 Å². The molecule has 0 aliphatic heterocycles. The summed E-state index contributed by atoms with van der Waals surface area (Å²) >= 11 is 11.8. The Morgan fingerprint density at radius 2 is 2.00 bits per heavy atom. The second kappa shape index (κ2) is 6.97. The lowest BCUT2D eigenvalue weighted by Crippen LogP contribution is -2.40. The van der Waals surface area contributed by atoms with E-state index in [1.165, 1.54) is 0 Å². The number of rotatable bonds is 4. The molecule has 0 saturated heterocycles. The van der Waals surface area contributed by atoms with Gasteiger partial charge >= 0.3 is 0 Å². The molecular formula is C15H16Cl2N2O. The first-order valence-electron chi connectivity index (χ1n) is 6.72. The molecule has 1 amide bonds. The molecule has 20 heavy (non-hydrogen) atoms. The van der Waals surface area contributed by atoms with Crippen LogP contribution in [0.2, 0.25) is 10.0 Å². The third kappa shape index (κ3) is 3.65. The molecule has 0 aromatic heterocycles. The Balaban J connectivity index is 2.07. The Morgan fingerprint density at radius 3 is 2.60 bits per heavy atom. The van der Waals surface area contributed by atoms with Crippen LogP contribution >= 0.6 is 23.2 Å². The van der Waals surface area contributed by atoms with Crippen LogP contribution in [-0.2, 0) is 11.2 Å². The normalized spacial score (nSPS) is 15.1. The van der Waals surface area contributed by atoms with Gasteiger partial charge in [-0.15, -0.1) is 0 Å². The lowest BCUT2D eigenvalue weighted by atomic mass is 10.1. The van der Waals surface area contributed by atoms with E-state index in [9.17, 15) is 4.79 Å². The molecule has 0 heterocycles. The average molecular weight is 311 g/mol. The molecule has 1 aromatic carbocycles. The van der Waals surface area contributed by atoms with Crippen molar-refractivity contribution in [1.29, 1.82) is 5.26 Å². The highest BCUT2D eigenvalue weighted by atomic mass is 35.5. The largest absolute Gasteiger partial charge is 0.326 e. The zero-order valence-corrected chi connectivity index (χ0v) is 12.6. The highest BCUT2D eigenvalue weighted by molar-refractivity contribution is 6.42. The van der Waals surface area contributed by atoms with Crippen LogP contribution in [0.1, 0.15) is 31.2 Å². The van der Waals surface area contributed by atoms with E-state index in [-0.39, 0.29) is 24.9 Å². The van der Waals surface area contributed by atoms with E-state index in [0.717, 1.165) is 31.2 Å². The Morgan fingerprint density at radius 1 is 1.30 bits per heavy atom. The second-order valence-electron chi connectivity index (χ2n) is 5.04. The van der Waals surface area contributed by atoms with Gasteiger partial charge in [-0.05, 0) is 30.5 Å². The molecule has 0 radical (unpaired) electrons. The van der Waals surface area contributed by atoms with Crippen molar-refractivity contribution in [3.63, 3.8) is 0 Å². The smallest absolute Gasteiger partial charge is 0.228 e. The molecule has 2 rings (SSSR count). The van der Waals surface area contributed by atoms with E-state index in [1.807, 2.05) is 0 Å². The molecule has 3 nitrogen and oxygen atoms in total. The van der Waals surface area contributed by atoms with Crippen LogP contribution in [0.5, 0.6) is 0 Å². The summed E-state index contributed by atoms with van der Waals surface area (Å²) in [7, 11) is 0. The second-order valence-corrected chi connectivity index (χ2v) is 5.86. The predicted molar refractivity (Wildman–Crippen MR) is 79.7 cm³/mol. The minimum Gasteiger partial charge on any atom is -0.326 e. The first-order chi connectivity index (χ1) is 9.61. The summed E-state index contributed by atoms with van der Waals surface area (Å²) in [6.45, 7) is 0.158. The fourth-order valence-electron chi connectivity index (χ4n) is 2.64. The van der Waals surface area contributed by atoms with Crippen LogP contribution < -0.4 is 0 Å². The van der Waals surface area contributed by atoms with E-state index in [1.54, 1.807) is 23.1 Å². The number of benzene rings is 1. The van der Waals surface area contributed by atoms with Crippen molar-refractivity contribution in [3.8, 4) is 6.07 Å². The summed E-state index contributed by atoms with van der Waals surface area (Å²) in [4.78, 5) is 14.1. The van der Waals surface area contributed by atoms with E-state index in [0.29, 0.717) is 10.0 Å². The molecule has 0 bridgehead atoms. The van der Waals surface area contributed by atoms with Crippen LogP contribution in [0.15, 0.2) is 18.2 Å². The molecule has 5 heteroatoms. The fourth-order valence-corrected chi connectivity index (χ4v) is 2.96. The van der Waals surface area contributed by atoms with E-state index in [2.05, 4.69) is 6.07 Å². The molecule has 1 fully saturated rings. The lowest BCUT2D eigenvalue weighted by Gasteiger charge is -2.26. The highest BCUT2D eigenvalue weighted by Gasteiger charge is 2.26. The quantitative estimate of drug-likeness (QED) is 0.793. The van der Waals surface area contributed by atoms with Crippen molar-refractivity contribution in [2.75, 3.05) is 6.54 Å². The SMILES string of the molecule is N#CCN(C(=O)Cc1ccc(Cl)c(Cl)c1)C1CCCC1. The third-order valence-corrected chi connectivity index (χ3v) is 4.41. The number of hydrogen-bond donors (Lipinski definition) is 0. The van der Waals surface area contributed by atoms with Crippen molar-refractivity contribution in [1.82, 2.24) is 4.90 Å². The van der Waals surface area contributed by atoms with Crippen molar-refractivity contribution in [3.05, 3.63) is 33.8 Å². The number of amides is 1. The minimum absolute atomic E-state index is 0.0168. The highest BCUT2D eigenvalue weighted by Crippen LogP contribution is 2.25. The maximum atomic E-state index is 12.4. The standard InChI is InChI=1S/C15H16Cl2N2O/c16-13-6-5-11(9-14(13)17)10-15(20)19(8-7-18)12-3-1-2-4-12/h5-6,9,12H,1-4,8,10H2. The van der Waals surface area contributed by atoms with Gasteiger partial charge in [0.1, 0.15) is 6.54 Å². The molecule has 0 N–H and O–H groups in total. The van der Waals surface area contributed by atoms with Crippen molar-refractivity contribution in [2.24, 2.45) is 0 Å². The molecule has 1 saturated carbocycles. The molecule has 1 aliphatic rings. The first-order valence-corrected chi connectivity index (χ1v) is 7.47. The average Bonchev–Trinajstić information content (AvgIpc) is 2.94. The number of carbonyl (C=O) groups excluding carboxylic acids is 1. The zero-order chi connectivity index (χ0) is 14.5. The molecular weight excluding hydrogens is 295 g/mol. The van der Waals surface area contributed by atoms with Gasteiger partial charge in [0, 0.05) is 6.04 Å². The number of nitriles is 1. The zero-order valence-electron chi connectivity index (χ0n) is 11.1. The van der Waals surface area contributed by atoms with Crippen LogP contribution in [0.3, 0.4) is 0 Å². The van der Waals surface area contributed by atoms with Crippen molar-refractivity contribution >= 4 is 29.1 Å². The maximum Gasteiger partial charge on any atom is 0.228 e. The molecule has 1 aliphatic carbocycles. The van der Waals surface area contributed by atoms with Crippen molar-refractivity contribution < 1.29 is 4.79 Å². The van der Waals surface area contributed by atoms with E-state index in [4.69, 9.17) is 28.5 Å². The topological polar surface area (TPSA) is 44.1 Å². The summed E-state index contributed by atoms with van der Waals surface area (Å²) in [5.74, 6) is -0.0168. The Bertz CT molecular complexity index is 533. The summed E-state index contributed by atoms with van der Waals surface area (Å²) in [5, 5.41) is 9.84. The maximum absolute atomic E-state index is 12.4. The Labute approximate surface area is 129 Å². The van der Waals surface area contributed by atoms with Crippen LogP contribution in [0.25, 0.3) is 0 Å². The Hall–Kier alpha value is -1.24. The van der Waals surface area contributed by atoms with Gasteiger partial charge in [-0.1, -0.05) is 42.1 Å². The van der Waals surface area contributed by atoms with E-state index >= 15 is 0 Å². The van der Waals surface area contributed by atoms with Crippen LogP contribution in [0, 0.1) is 11.3 Å². The van der Waals surface area contributed by atoms with Gasteiger partial charge in [-0.25, -0.2) is 0 Å². The molecule has 106 valence electrons. The Kier molecular flexibility index (Phi) is 5.28. The summed E-state index contributed by atoms with van der Waals surface area (Å²) in [6, 6.07) is 7.50. The van der Waals surface area contributed by atoms with Gasteiger partial charge in [0.15, 0.2) is 0 Å². The number of carbonyl (C=O) groups is 1. The minimum atomic E-state index is -0.0168. The monoisotopic (exact) mass is 310 g/mol. The van der Waals surface area contributed by atoms with Gasteiger partial charge in [0.25, 0.3) is 0 Å². The number of hydrogen-bond acceptors (Lipinski definition) is 2. The summed E-state index contributed by atoms with van der Waals surface area (Å²) < 4.78 is 0. The third-order valence-electron chi connectivity index (χ3n) is 3.67. The number of nitrogens with zero attached hydrogens (tertiary/aromatic N) is 2. The lowest BCUT2D eigenvalue weighted by molar-refractivity contribution is -0.132. The molecule has 1 aromatic rings. The van der Waals surface area contributed by atoms with Gasteiger partial charge in [-0.3, -0.25) is 4.79 Å². The van der Waals surface area contributed by atoms with Gasteiger partial charge in [0.05, 0.1) is 22.5 Å². The van der Waals surface area contributed by atoms with E-state index < -0.39 is 0 Å². The summed E-state index contributed by atoms with van der Waals surface area (Å²) in [6.07, 6.45) is 4.51. The summed E-state index contributed by atoms with van der Waals surface area (Å²) in [5.41, 5.74) is 0.824. The van der Waals surface area contributed by atoms with Crippen molar-refractivity contribution in [2.45, 2.75) is 38.1 Å². The predicted octanol–water partition coefficient (Wildman–Crippen LogP) is 3.83. The van der Waals surface area contributed by atoms with Gasteiger partial charge < -0.3 is 4.90 Å². The first kappa shape index (κ1) is 15.2. The number of halogens is 2. The van der Waals surface area contributed by atoms with Gasteiger partial charge in [-0.2, -0.15) is 5.26 Å². The van der Waals surface area contributed by atoms with Crippen LogP contribution in [0.4, 0.5) is 0 Å².